The van der Waals surface area contributed by atoms with E-state index in [2.05, 4.69) is 15.1 Å². The molecule has 3 rings (SSSR count). The van der Waals surface area contributed by atoms with Gasteiger partial charge in [0, 0.05) is 0 Å². The minimum atomic E-state index is -0.975. The summed E-state index contributed by atoms with van der Waals surface area (Å²) in [6, 6.07) is 7.61. The van der Waals surface area contributed by atoms with Crippen molar-refractivity contribution in [1.82, 2.24) is 19.7 Å². The number of nitrogens with one attached hydrogen (secondary N) is 1. The standard InChI is InChI=1S/C13H12N4O2/c1-7-11(12(18)19)8(2)17(16-7)13-14-9-5-3-4-6-10(9)15-13/h3-6H,1-2H3,(H,14,15)(H,18,19). The number of aromatic carboxylic acids is 1. The number of H-pyrrole nitrogens is 1. The predicted octanol–water partition coefficient (Wildman–Crippen LogP) is 2.06. The number of aromatic nitrogens is 4. The quantitative estimate of drug-likeness (QED) is 0.735. The molecule has 2 heterocycles. The Labute approximate surface area is 108 Å². The lowest BCUT2D eigenvalue weighted by molar-refractivity contribution is 0.0695. The molecule has 0 radical (unpaired) electrons. The minimum absolute atomic E-state index is 0.223. The predicted molar refractivity (Wildman–Crippen MR) is 69.6 cm³/mol. The number of hydrogen-bond donors (Lipinski definition) is 2. The first kappa shape index (κ1) is 11.5. The smallest absolute Gasteiger partial charge is 0.339 e. The third kappa shape index (κ3) is 1.69. The van der Waals surface area contributed by atoms with Gasteiger partial charge in [-0.05, 0) is 26.0 Å². The van der Waals surface area contributed by atoms with E-state index in [1.54, 1.807) is 13.8 Å². The molecule has 0 bridgehead atoms. The van der Waals surface area contributed by atoms with Gasteiger partial charge in [0.2, 0.25) is 5.95 Å². The zero-order valence-corrected chi connectivity index (χ0v) is 10.5. The highest BCUT2D eigenvalue weighted by Crippen LogP contribution is 2.18. The first-order valence-corrected chi connectivity index (χ1v) is 5.82. The van der Waals surface area contributed by atoms with Crippen LogP contribution in [0.1, 0.15) is 21.7 Å². The molecule has 0 fully saturated rings. The molecule has 2 N–H and O–H groups in total. The van der Waals surface area contributed by atoms with Crippen molar-refractivity contribution in [1.29, 1.82) is 0 Å². The number of carboxylic acids is 1. The average Bonchev–Trinajstić information content (AvgIpc) is 2.89. The summed E-state index contributed by atoms with van der Waals surface area (Å²) in [4.78, 5) is 18.7. The van der Waals surface area contributed by atoms with Gasteiger partial charge in [-0.25, -0.2) is 14.5 Å². The fourth-order valence-electron chi connectivity index (χ4n) is 2.20. The lowest BCUT2D eigenvalue weighted by Gasteiger charge is -1.98. The molecule has 0 aliphatic carbocycles. The molecule has 0 aliphatic rings. The van der Waals surface area contributed by atoms with Crippen molar-refractivity contribution in [2.75, 3.05) is 0 Å². The Morgan fingerprint density at radius 2 is 2.05 bits per heavy atom. The highest BCUT2D eigenvalue weighted by atomic mass is 16.4. The normalized spacial score (nSPS) is 11.1. The van der Waals surface area contributed by atoms with Gasteiger partial charge in [0.15, 0.2) is 0 Å². The zero-order chi connectivity index (χ0) is 13.6. The van der Waals surface area contributed by atoms with Crippen LogP contribution in [0.25, 0.3) is 17.0 Å². The van der Waals surface area contributed by atoms with E-state index in [4.69, 9.17) is 5.11 Å². The summed E-state index contributed by atoms with van der Waals surface area (Å²) < 4.78 is 1.53. The van der Waals surface area contributed by atoms with E-state index >= 15 is 0 Å². The highest BCUT2D eigenvalue weighted by Gasteiger charge is 2.19. The molecule has 96 valence electrons. The van der Waals surface area contributed by atoms with E-state index in [0.717, 1.165) is 11.0 Å². The van der Waals surface area contributed by atoms with Crippen LogP contribution in [0.15, 0.2) is 24.3 Å². The van der Waals surface area contributed by atoms with E-state index in [-0.39, 0.29) is 5.56 Å². The highest BCUT2D eigenvalue weighted by molar-refractivity contribution is 5.90. The van der Waals surface area contributed by atoms with Crippen LogP contribution in [-0.2, 0) is 0 Å². The second-order valence-electron chi connectivity index (χ2n) is 4.34. The molecular formula is C13H12N4O2. The topological polar surface area (TPSA) is 83.8 Å². The largest absolute Gasteiger partial charge is 0.478 e. The molecule has 6 heteroatoms. The molecule has 6 nitrogen and oxygen atoms in total. The molecule has 19 heavy (non-hydrogen) atoms. The first-order chi connectivity index (χ1) is 9.08. The zero-order valence-electron chi connectivity index (χ0n) is 10.5. The maximum Gasteiger partial charge on any atom is 0.339 e. The van der Waals surface area contributed by atoms with Crippen LogP contribution in [0, 0.1) is 13.8 Å². The monoisotopic (exact) mass is 256 g/mol. The third-order valence-corrected chi connectivity index (χ3v) is 3.08. The van der Waals surface area contributed by atoms with E-state index in [0.29, 0.717) is 17.3 Å². The van der Waals surface area contributed by atoms with Crippen LogP contribution in [0.5, 0.6) is 0 Å². The number of hydrogen-bond acceptors (Lipinski definition) is 3. The fourth-order valence-corrected chi connectivity index (χ4v) is 2.20. The Morgan fingerprint density at radius 1 is 1.32 bits per heavy atom. The number of carboxylic acid groups (broad SMARTS) is 1. The van der Waals surface area contributed by atoms with Gasteiger partial charge < -0.3 is 10.1 Å². The Balaban J connectivity index is 2.22. The molecule has 2 aromatic heterocycles. The molecule has 0 spiro atoms. The second-order valence-corrected chi connectivity index (χ2v) is 4.34. The number of nitrogens with zero attached hydrogens (tertiary/aromatic N) is 3. The van der Waals surface area contributed by atoms with Crippen molar-refractivity contribution < 1.29 is 9.90 Å². The van der Waals surface area contributed by atoms with Gasteiger partial charge in [-0.2, -0.15) is 5.10 Å². The summed E-state index contributed by atoms with van der Waals surface area (Å²) in [5.74, 6) is -0.452. The third-order valence-electron chi connectivity index (χ3n) is 3.08. The number of benzene rings is 1. The summed E-state index contributed by atoms with van der Waals surface area (Å²) in [7, 11) is 0. The lowest BCUT2D eigenvalue weighted by atomic mass is 10.2. The van der Waals surface area contributed by atoms with E-state index in [9.17, 15) is 4.79 Å². The maximum absolute atomic E-state index is 11.2. The van der Waals surface area contributed by atoms with Gasteiger partial charge in [0.05, 0.1) is 22.4 Å². The summed E-state index contributed by atoms with van der Waals surface area (Å²) in [5, 5.41) is 13.4. The molecule has 0 aliphatic heterocycles. The lowest BCUT2D eigenvalue weighted by Crippen LogP contribution is -2.03. The Hall–Kier alpha value is -2.63. The molecule has 0 saturated heterocycles. The van der Waals surface area contributed by atoms with Crippen molar-refractivity contribution in [3.05, 3.63) is 41.2 Å². The molecule has 0 unspecified atom stereocenters. The van der Waals surface area contributed by atoms with Gasteiger partial charge in [0.25, 0.3) is 0 Å². The number of imidazole rings is 1. The van der Waals surface area contributed by atoms with Gasteiger partial charge in [-0.1, -0.05) is 12.1 Å². The van der Waals surface area contributed by atoms with Crippen LogP contribution in [0.2, 0.25) is 0 Å². The van der Waals surface area contributed by atoms with Crippen LogP contribution >= 0.6 is 0 Å². The number of carbonyl (C=O) groups is 1. The van der Waals surface area contributed by atoms with Crippen molar-refractivity contribution in [3.63, 3.8) is 0 Å². The van der Waals surface area contributed by atoms with Crippen LogP contribution in [0.3, 0.4) is 0 Å². The molecule has 0 amide bonds. The SMILES string of the molecule is Cc1nn(-c2nc3ccccc3[nH]2)c(C)c1C(=O)O. The molecule has 0 saturated carbocycles. The molecular weight excluding hydrogens is 244 g/mol. The van der Waals surface area contributed by atoms with Crippen molar-refractivity contribution in [2.24, 2.45) is 0 Å². The van der Waals surface area contributed by atoms with Crippen LogP contribution < -0.4 is 0 Å². The van der Waals surface area contributed by atoms with Crippen LogP contribution in [-0.4, -0.2) is 30.8 Å². The van der Waals surface area contributed by atoms with Crippen molar-refractivity contribution in [3.8, 4) is 5.95 Å². The molecule has 3 aromatic rings. The summed E-state index contributed by atoms with van der Waals surface area (Å²) in [6.45, 7) is 3.40. The van der Waals surface area contributed by atoms with Gasteiger partial charge >= 0.3 is 5.97 Å². The van der Waals surface area contributed by atoms with Crippen molar-refractivity contribution >= 4 is 17.0 Å². The first-order valence-electron chi connectivity index (χ1n) is 5.82. The number of para-hydroxylation sites is 2. The molecule has 1 aromatic carbocycles. The average molecular weight is 256 g/mol. The van der Waals surface area contributed by atoms with Gasteiger partial charge in [0.1, 0.15) is 5.56 Å². The number of fused-ring (bicyclic) bond motifs is 1. The Morgan fingerprint density at radius 3 is 2.68 bits per heavy atom. The molecule has 0 atom stereocenters. The number of rotatable bonds is 2. The Kier molecular flexibility index (Phi) is 2.38. The van der Waals surface area contributed by atoms with Gasteiger partial charge in [-0.3, -0.25) is 0 Å². The minimum Gasteiger partial charge on any atom is -0.478 e. The fraction of sp³-hybridized carbons (Fsp3) is 0.154. The maximum atomic E-state index is 11.2. The van der Waals surface area contributed by atoms with Crippen molar-refractivity contribution in [2.45, 2.75) is 13.8 Å². The van der Waals surface area contributed by atoms with E-state index in [1.807, 2.05) is 24.3 Å². The number of aryl methyl sites for hydroxylation is 1. The van der Waals surface area contributed by atoms with Crippen LogP contribution in [0.4, 0.5) is 0 Å². The summed E-state index contributed by atoms with van der Waals surface area (Å²) in [5.41, 5.74) is 2.97. The van der Waals surface area contributed by atoms with E-state index in [1.165, 1.54) is 4.68 Å². The second kappa shape index (κ2) is 3.94. The number of aromatic amines is 1. The Bertz CT molecular complexity index is 752. The summed E-state index contributed by atoms with van der Waals surface area (Å²) >= 11 is 0. The summed E-state index contributed by atoms with van der Waals surface area (Å²) in [6.07, 6.45) is 0. The van der Waals surface area contributed by atoms with Gasteiger partial charge in [-0.15, -0.1) is 0 Å². The van der Waals surface area contributed by atoms with E-state index < -0.39 is 5.97 Å².